The molecule has 0 saturated carbocycles. The molecule has 0 aliphatic carbocycles. The van der Waals surface area contributed by atoms with Gasteiger partial charge in [-0.3, -0.25) is 4.79 Å². The van der Waals surface area contributed by atoms with Crippen molar-refractivity contribution in [3.05, 3.63) is 47.5 Å². The van der Waals surface area contributed by atoms with Crippen LogP contribution in [-0.2, 0) is 4.79 Å². The molecule has 0 spiro atoms. The Hall–Kier alpha value is -2.40. The van der Waals surface area contributed by atoms with E-state index in [4.69, 9.17) is 16.3 Å². The van der Waals surface area contributed by atoms with Gasteiger partial charge in [0.2, 0.25) is 5.91 Å². The Morgan fingerprint density at radius 3 is 2.38 bits per heavy atom. The predicted octanol–water partition coefficient (Wildman–Crippen LogP) is 3.86. The minimum absolute atomic E-state index is 0.0419. The highest BCUT2D eigenvalue weighted by atomic mass is 35.5. The molecule has 2 rings (SSSR count). The van der Waals surface area contributed by atoms with Gasteiger partial charge < -0.3 is 20.3 Å². The summed E-state index contributed by atoms with van der Waals surface area (Å²) >= 11 is 6.07. The van der Waals surface area contributed by atoms with Crippen LogP contribution in [0.3, 0.4) is 0 Å². The zero-order valence-electron chi connectivity index (χ0n) is 14.1. The van der Waals surface area contributed by atoms with Gasteiger partial charge in [-0.25, -0.2) is 0 Å². The summed E-state index contributed by atoms with van der Waals surface area (Å²) in [7, 11) is 5.53. The number of hydrogen-bond donors (Lipinski definition) is 2. The number of amides is 1. The molecule has 0 bridgehead atoms. The van der Waals surface area contributed by atoms with E-state index in [1.165, 1.54) is 0 Å². The van der Waals surface area contributed by atoms with Gasteiger partial charge in [0.1, 0.15) is 5.75 Å². The Kier molecular flexibility index (Phi) is 6.32. The van der Waals surface area contributed by atoms with E-state index in [0.717, 1.165) is 17.1 Å². The lowest BCUT2D eigenvalue weighted by Crippen LogP contribution is -2.16. The van der Waals surface area contributed by atoms with Crippen molar-refractivity contribution < 1.29 is 9.53 Å². The molecule has 0 heterocycles. The molecule has 0 saturated heterocycles. The predicted molar refractivity (Wildman–Crippen MR) is 101 cm³/mol. The zero-order chi connectivity index (χ0) is 17.5. The molecular weight excluding hydrogens is 326 g/mol. The Bertz CT molecular complexity index is 687. The van der Waals surface area contributed by atoms with E-state index >= 15 is 0 Å². The molecule has 2 N–H and O–H groups in total. The van der Waals surface area contributed by atoms with Crippen molar-refractivity contribution in [1.82, 2.24) is 0 Å². The number of hydrogen-bond acceptors (Lipinski definition) is 4. The summed E-state index contributed by atoms with van der Waals surface area (Å²) in [6.45, 7) is 0.518. The maximum Gasteiger partial charge on any atom is 0.226 e. The molecule has 2 aromatic carbocycles. The van der Waals surface area contributed by atoms with Gasteiger partial charge in [-0.15, -0.1) is 0 Å². The molecule has 0 aliphatic heterocycles. The molecule has 0 radical (unpaired) electrons. The number of methoxy groups -OCH3 is 1. The third kappa shape index (κ3) is 5.06. The van der Waals surface area contributed by atoms with Gasteiger partial charge in [0.25, 0.3) is 0 Å². The van der Waals surface area contributed by atoms with Gasteiger partial charge in [0.15, 0.2) is 0 Å². The topological polar surface area (TPSA) is 53.6 Å². The Labute approximate surface area is 147 Å². The maximum atomic E-state index is 12.0. The van der Waals surface area contributed by atoms with Gasteiger partial charge in [-0.1, -0.05) is 11.6 Å². The highest BCUT2D eigenvalue weighted by molar-refractivity contribution is 6.32. The molecule has 1 amide bonds. The second-order valence-electron chi connectivity index (χ2n) is 5.52. The number of anilines is 3. The van der Waals surface area contributed by atoms with Crippen LogP contribution in [0.4, 0.5) is 17.1 Å². The fraction of sp³-hybridized carbons (Fsp3) is 0.278. The van der Waals surface area contributed by atoms with Crippen molar-refractivity contribution in [2.24, 2.45) is 0 Å². The number of ether oxygens (including phenoxy) is 1. The lowest BCUT2D eigenvalue weighted by atomic mass is 10.2. The van der Waals surface area contributed by atoms with Gasteiger partial charge in [0.05, 0.1) is 12.1 Å². The van der Waals surface area contributed by atoms with Gasteiger partial charge in [-0.05, 0) is 42.5 Å². The van der Waals surface area contributed by atoms with Crippen molar-refractivity contribution >= 4 is 34.6 Å². The molecule has 0 fully saturated rings. The van der Waals surface area contributed by atoms with Gasteiger partial charge >= 0.3 is 0 Å². The van der Waals surface area contributed by atoms with Crippen LogP contribution in [-0.4, -0.2) is 33.7 Å². The Morgan fingerprint density at radius 2 is 1.79 bits per heavy atom. The van der Waals surface area contributed by atoms with E-state index in [-0.39, 0.29) is 5.91 Å². The summed E-state index contributed by atoms with van der Waals surface area (Å²) in [4.78, 5) is 14.0. The average Bonchev–Trinajstić information content (AvgIpc) is 2.55. The fourth-order valence-electron chi connectivity index (χ4n) is 2.16. The number of benzene rings is 2. The van der Waals surface area contributed by atoms with Crippen molar-refractivity contribution in [3.63, 3.8) is 0 Å². The highest BCUT2D eigenvalue weighted by Crippen LogP contribution is 2.27. The van der Waals surface area contributed by atoms with Crippen LogP contribution in [0.15, 0.2) is 42.5 Å². The number of halogens is 1. The van der Waals surface area contributed by atoms with E-state index in [1.54, 1.807) is 19.2 Å². The summed E-state index contributed by atoms with van der Waals surface area (Å²) in [5.74, 6) is 0.584. The molecule has 128 valence electrons. The SMILES string of the molecule is COc1ccc(NCCC(=O)Nc2ccc(N(C)C)cc2)cc1Cl. The van der Waals surface area contributed by atoms with E-state index in [0.29, 0.717) is 23.7 Å². The number of rotatable bonds is 7. The molecule has 0 unspecified atom stereocenters. The number of carbonyl (C=O) groups excluding carboxylic acids is 1. The number of nitrogens with zero attached hydrogens (tertiary/aromatic N) is 1. The maximum absolute atomic E-state index is 12.0. The molecular formula is C18H22ClN3O2. The minimum Gasteiger partial charge on any atom is -0.495 e. The molecule has 0 aliphatic rings. The molecule has 0 atom stereocenters. The summed E-state index contributed by atoms with van der Waals surface area (Å²) in [6, 6.07) is 13.1. The van der Waals surface area contributed by atoms with Crippen molar-refractivity contribution in [2.75, 3.05) is 43.3 Å². The first kappa shape index (κ1) is 17.9. The standard InChI is InChI=1S/C18H22ClN3O2/c1-22(2)15-7-4-13(5-8-15)21-18(23)10-11-20-14-6-9-17(24-3)16(19)12-14/h4-9,12,20H,10-11H2,1-3H3,(H,21,23). The monoisotopic (exact) mass is 347 g/mol. The third-order valence-electron chi connectivity index (χ3n) is 3.50. The van der Waals surface area contributed by atoms with Crippen LogP contribution in [0.2, 0.25) is 5.02 Å². The van der Waals surface area contributed by atoms with E-state index in [2.05, 4.69) is 10.6 Å². The Morgan fingerprint density at radius 1 is 1.12 bits per heavy atom. The first-order valence-electron chi connectivity index (χ1n) is 7.64. The molecule has 0 aromatic heterocycles. The lowest BCUT2D eigenvalue weighted by molar-refractivity contribution is -0.115. The zero-order valence-corrected chi connectivity index (χ0v) is 14.9. The van der Waals surface area contributed by atoms with Crippen LogP contribution in [0.5, 0.6) is 5.75 Å². The quantitative estimate of drug-likeness (QED) is 0.798. The van der Waals surface area contributed by atoms with E-state index < -0.39 is 0 Å². The van der Waals surface area contributed by atoms with E-state index in [9.17, 15) is 4.79 Å². The normalized spacial score (nSPS) is 10.2. The van der Waals surface area contributed by atoms with Crippen LogP contribution in [0, 0.1) is 0 Å². The molecule has 6 heteroatoms. The van der Waals surface area contributed by atoms with Gasteiger partial charge in [0, 0.05) is 44.1 Å². The van der Waals surface area contributed by atoms with Crippen molar-refractivity contribution in [1.29, 1.82) is 0 Å². The first-order valence-corrected chi connectivity index (χ1v) is 8.02. The van der Waals surface area contributed by atoms with Gasteiger partial charge in [-0.2, -0.15) is 0 Å². The van der Waals surface area contributed by atoms with E-state index in [1.807, 2.05) is 49.3 Å². The van der Waals surface area contributed by atoms with Crippen LogP contribution in [0.1, 0.15) is 6.42 Å². The largest absolute Gasteiger partial charge is 0.495 e. The summed E-state index contributed by atoms with van der Waals surface area (Å²) in [5, 5.41) is 6.59. The summed E-state index contributed by atoms with van der Waals surface area (Å²) in [6.07, 6.45) is 0.360. The fourth-order valence-corrected chi connectivity index (χ4v) is 2.42. The minimum atomic E-state index is -0.0419. The highest BCUT2D eigenvalue weighted by Gasteiger charge is 2.05. The Balaban J connectivity index is 1.79. The van der Waals surface area contributed by atoms with Crippen LogP contribution < -0.4 is 20.3 Å². The smallest absolute Gasteiger partial charge is 0.226 e. The van der Waals surface area contributed by atoms with Crippen LogP contribution in [0.25, 0.3) is 0 Å². The second kappa shape index (κ2) is 8.45. The molecule has 24 heavy (non-hydrogen) atoms. The number of nitrogens with one attached hydrogen (secondary N) is 2. The summed E-state index contributed by atoms with van der Waals surface area (Å²) in [5.41, 5.74) is 2.73. The lowest BCUT2D eigenvalue weighted by Gasteiger charge is -2.13. The second-order valence-corrected chi connectivity index (χ2v) is 5.92. The molecule has 2 aromatic rings. The van der Waals surface area contributed by atoms with Crippen molar-refractivity contribution in [2.45, 2.75) is 6.42 Å². The van der Waals surface area contributed by atoms with Crippen molar-refractivity contribution in [3.8, 4) is 5.75 Å². The number of carbonyl (C=O) groups is 1. The van der Waals surface area contributed by atoms with Crippen LogP contribution >= 0.6 is 11.6 Å². The molecule has 5 nitrogen and oxygen atoms in total. The first-order chi connectivity index (χ1) is 11.5. The summed E-state index contributed by atoms with van der Waals surface area (Å²) < 4.78 is 5.11. The average molecular weight is 348 g/mol. The third-order valence-corrected chi connectivity index (χ3v) is 3.80.